The Morgan fingerprint density at radius 2 is 1.68 bits per heavy atom. The lowest BCUT2D eigenvalue weighted by Crippen LogP contribution is -2.25. The van der Waals surface area contributed by atoms with Gasteiger partial charge in [0, 0.05) is 5.69 Å². The van der Waals surface area contributed by atoms with Crippen LogP contribution in [-0.4, -0.2) is 5.91 Å². The molecule has 0 unspecified atom stereocenters. The molecule has 1 heterocycles. The van der Waals surface area contributed by atoms with Crippen LogP contribution in [0.5, 0.6) is 0 Å². The molecule has 0 radical (unpaired) electrons. The SMILES string of the molecule is Cc1ccc(CN2C(=O)Cc3cc(C)ccc32)cc1. The van der Waals surface area contributed by atoms with E-state index in [0.717, 1.165) is 11.3 Å². The lowest BCUT2D eigenvalue weighted by atomic mass is 10.1. The predicted octanol–water partition coefficient (Wildman–Crippen LogP) is 3.39. The van der Waals surface area contributed by atoms with Crippen LogP contribution < -0.4 is 4.90 Å². The van der Waals surface area contributed by atoms with Gasteiger partial charge in [-0.25, -0.2) is 0 Å². The van der Waals surface area contributed by atoms with Crippen molar-refractivity contribution >= 4 is 11.6 Å². The third kappa shape index (κ3) is 2.26. The highest BCUT2D eigenvalue weighted by molar-refractivity contribution is 6.01. The maximum absolute atomic E-state index is 12.1. The second-order valence-electron chi connectivity index (χ2n) is 5.27. The molecule has 96 valence electrons. The standard InChI is InChI=1S/C17H17NO/c1-12-3-6-14(7-4-12)11-18-16-8-5-13(2)9-15(16)10-17(18)19/h3-9H,10-11H2,1-2H3. The zero-order valence-corrected chi connectivity index (χ0v) is 11.3. The first-order chi connectivity index (χ1) is 9.13. The van der Waals surface area contributed by atoms with Gasteiger partial charge in [0.05, 0.1) is 13.0 Å². The average Bonchev–Trinajstić information content (AvgIpc) is 2.68. The molecule has 1 amide bonds. The molecule has 0 fully saturated rings. The molecule has 3 rings (SSSR count). The van der Waals surface area contributed by atoms with E-state index < -0.39 is 0 Å². The summed E-state index contributed by atoms with van der Waals surface area (Å²) in [5, 5.41) is 0. The van der Waals surface area contributed by atoms with Crippen molar-refractivity contribution < 1.29 is 4.79 Å². The van der Waals surface area contributed by atoms with Crippen molar-refractivity contribution in [3.05, 3.63) is 64.7 Å². The first-order valence-corrected chi connectivity index (χ1v) is 6.59. The summed E-state index contributed by atoms with van der Waals surface area (Å²) in [6, 6.07) is 14.6. The molecule has 0 N–H and O–H groups in total. The number of anilines is 1. The summed E-state index contributed by atoms with van der Waals surface area (Å²) in [5.74, 6) is 0.196. The van der Waals surface area contributed by atoms with E-state index in [1.165, 1.54) is 16.7 Å². The second kappa shape index (κ2) is 4.54. The minimum absolute atomic E-state index is 0.196. The fraction of sp³-hybridized carbons (Fsp3) is 0.235. The summed E-state index contributed by atoms with van der Waals surface area (Å²) in [4.78, 5) is 14.0. The normalized spacial score (nSPS) is 13.8. The van der Waals surface area contributed by atoms with Gasteiger partial charge in [0.1, 0.15) is 0 Å². The molecule has 2 heteroatoms. The van der Waals surface area contributed by atoms with Crippen molar-refractivity contribution in [3.63, 3.8) is 0 Å². The van der Waals surface area contributed by atoms with E-state index in [2.05, 4.69) is 56.3 Å². The molecule has 0 saturated carbocycles. The number of rotatable bonds is 2. The van der Waals surface area contributed by atoms with Gasteiger partial charge in [0.25, 0.3) is 0 Å². The van der Waals surface area contributed by atoms with Crippen molar-refractivity contribution in [2.24, 2.45) is 0 Å². The summed E-state index contributed by atoms with van der Waals surface area (Å²) < 4.78 is 0. The van der Waals surface area contributed by atoms with E-state index in [9.17, 15) is 4.79 Å². The van der Waals surface area contributed by atoms with Gasteiger partial charge in [0.2, 0.25) is 5.91 Å². The number of hydrogen-bond acceptors (Lipinski definition) is 1. The molecular formula is C17H17NO. The van der Waals surface area contributed by atoms with Crippen LogP contribution in [0.3, 0.4) is 0 Å². The molecule has 2 aromatic rings. The summed E-state index contributed by atoms with van der Waals surface area (Å²) in [6.07, 6.45) is 0.531. The van der Waals surface area contributed by atoms with E-state index in [1.54, 1.807) is 0 Å². The van der Waals surface area contributed by atoms with Crippen molar-refractivity contribution in [3.8, 4) is 0 Å². The third-order valence-electron chi connectivity index (χ3n) is 3.63. The molecule has 0 saturated heterocycles. The van der Waals surface area contributed by atoms with Crippen molar-refractivity contribution in [2.45, 2.75) is 26.8 Å². The average molecular weight is 251 g/mol. The molecule has 0 aromatic heterocycles. The van der Waals surface area contributed by atoms with Gasteiger partial charge < -0.3 is 4.90 Å². The quantitative estimate of drug-likeness (QED) is 0.801. The van der Waals surface area contributed by atoms with Gasteiger partial charge >= 0.3 is 0 Å². The van der Waals surface area contributed by atoms with Crippen molar-refractivity contribution in [1.82, 2.24) is 0 Å². The first kappa shape index (κ1) is 12.0. The Kier molecular flexibility index (Phi) is 2.86. The fourth-order valence-corrected chi connectivity index (χ4v) is 2.56. The summed E-state index contributed by atoms with van der Waals surface area (Å²) in [7, 11) is 0. The van der Waals surface area contributed by atoms with Gasteiger partial charge in [-0.15, -0.1) is 0 Å². The van der Waals surface area contributed by atoms with Crippen molar-refractivity contribution in [1.29, 1.82) is 0 Å². The molecule has 0 aliphatic carbocycles. The zero-order chi connectivity index (χ0) is 13.4. The zero-order valence-electron chi connectivity index (χ0n) is 11.3. The predicted molar refractivity (Wildman–Crippen MR) is 77.3 cm³/mol. The van der Waals surface area contributed by atoms with Crippen LogP contribution in [0.4, 0.5) is 5.69 Å². The van der Waals surface area contributed by atoms with Crippen LogP contribution in [0.15, 0.2) is 42.5 Å². The number of carbonyl (C=O) groups is 1. The molecule has 2 aromatic carbocycles. The maximum Gasteiger partial charge on any atom is 0.231 e. The van der Waals surface area contributed by atoms with Crippen LogP contribution in [0, 0.1) is 13.8 Å². The van der Waals surface area contributed by atoms with E-state index in [4.69, 9.17) is 0 Å². The lowest BCUT2D eigenvalue weighted by Gasteiger charge is -2.17. The largest absolute Gasteiger partial charge is 0.307 e. The first-order valence-electron chi connectivity index (χ1n) is 6.59. The summed E-state index contributed by atoms with van der Waals surface area (Å²) in [6.45, 7) is 4.80. The smallest absolute Gasteiger partial charge is 0.231 e. The van der Waals surface area contributed by atoms with Crippen LogP contribution in [-0.2, 0) is 17.8 Å². The van der Waals surface area contributed by atoms with E-state index in [1.807, 2.05) is 4.90 Å². The Hall–Kier alpha value is -2.09. The molecule has 1 aliphatic rings. The van der Waals surface area contributed by atoms with Crippen LogP contribution in [0.1, 0.15) is 22.3 Å². The van der Waals surface area contributed by atoms with Gasteiger partial charge in [-0.05, 0) is 31.0 Å². The number of hydrogen-bond donors (Lipinski definition) is 0. The molecule has 0 atom stereocenters. The Balaban J connectivity index is 1.90. The lowest BCUT2D eigenvalue weighted by molar-refractivity contribution is -0.117. The summed E-state index contributed by atoms with van der Waals surface area (Å²) in [5.41, 5.74) is 5.84. The Bertz CT molecular complexity index is 628. The fourth-order valence-electron chi connectivity index (χ4n) is 2.56. The van der Waals surface area contributed by atoms with Crippen LogP contribution in [0.25, 0.3) is 0 Å². The minimum atomic E-state index is 0.196. The number of carbonyl (C=O) groups excluding carboxylic acids is 1. The van der Waals surface area contributed by atoms with E-state index >= 15 is 0 Å². The molecule has 0 bridgehead atoms. The van der Waals surface area contributed by atoms with Gasteiger partial charge in [0.15, 0.2) is 0 Å². The molecule has 19 heavy (non-hydrogen) atoms. The summed E-state index contributed by atoms with van der Waals surface area (Å²) >= 11 is 0. The van der Waals surface area contributed by atoms with Crippen molar-refractivity contribution in [2.75, 3.05) is 4.90 Å². The number of amides is 1. The van der Waals surface area contributed by atoms with Gasteiger partial charge in [-0.3, -0.25) is 4.79 Å². The number of fused-ring (bicyclic) bond motifs is 1. The highest BCUT2D eigenvalue weighted by Crippen LogP contribution is 2.30. The topological polar surface area (TPSA) is 20.3 Å². The highest BCUT2D eigenvalue weighted by atomic mass is 16.2. The third-order valence-corrected chi connectivity index (χ3v) is 3.63. The minimum Gasteiger partial charge on any atom is -0.307 e. The highest BCUT2D eigenvalue weighted by Gasteiger charge is 2.26. The number of nitrogens with zero attached hydrogens (tertiary/aromatic N) is 1. The molecular weight excluding hydrogens is 234 g/mol. The monoisotopic (exact) mass is 251 g/mol. The number of benzene rings is 2. The van der Waals surface area contributed by atoms with E-state index in [0.29, 0.717) is 13.0 Å². The molecule has 0 spiro atoms. The Labute approximate surface area is 113 Å². The Morgan fingerprint density at radius 3 is 2.42 bits per heavy atom. The van der Waals surface area contributed by atoms with Gasteiger partial charge in [-0.2, -0.15) is 0 Å². The Morgan fingerprint density at radius 1 is 1.00 bits per heavy atom. The van der Waals surface area contributed by atoms with Gasteiger partial charge in [-0.1, -0.05) is 47.5 Å². The molecule has 2 nitrogen and oxygen atoms in total. The molecule has 1 aliphatic heterocycles. The van der Waals surface area contributed by atoms with Crippen LogP contribution in [0.2, 0.25) is 0 Å². The van der Waals surface area contributed by atoms with E-state index in [-0.39, 0.29) is 5.91 Å². The van der Waals surface area contributed by atoms with Crippen LogP contribution >= 0.6 is 0 Å². The number of aryl methyl sites for hydroxylation is 2. The second-order valence-corrected chi connectivity index (χ2v) is 5.27. The maximum atomic E-state index is 12.1.